The summed E-state index contributed by atoms with van der Waals surface area (Å²) in [5.41, 5.74) is 4.94. The third-order valence-electron chi connectivity index (χ3n) is 8.78. The number of rotatable bonds is 8. The molecule has 1 saturated carbocycles. The van der Waals surface area contributed by atoms with Gasteiger partial charge in [0.05, 0.1) is 14.2 Å². The van der Waals surface area contributed by atoms with Gasteiger partial charge in [-0.15, -0.1) is 0 Å². The second-order valence-corrected chi connectivity index (χ2v) is 12.2. The highest BCUT2D eigenvalue weighted by atomic mass is 32.1. The number of carbonyl (C=O) groups is 1. The van der Waals surface area contributed by atoms with Crippen LogP contribution in [0.3, 0.4) is 0 Å². The van der Waals surface area contributed by atoms with E-state index in [9.17, 15) is 13.2 Å². The Balaban J connectivity index is 0.000000617. The predicted octanol–water partition coefficient (Wildman–Crippen LogP) is 6.45. The molecule has 3 aromatic carbocycles. The first-order valence-electron chi connectivity index (χ1n) is 15.0. The Hall–Kier alpha value is -4.03. The molecule has 0 radical (unpaired) electrons. The Bertz CT molecular complexity index is 1470. The van der Waals surface area contributed by atoms with Gasteiger partial charge in [-0.1, -0.05) is 36.4 Å². The minimum Gasteiger partial charge on any atom is -0.493 e. The van der Waals surface area contributed by atoms with E-state index in [0.29, 0.717) is 17.2 Å². The molecule has 248 valence electrons. The third-order valence-corrected chi connectivity index (χ3v) is 9.00. The molecule has 2 fully saturated rings. The summed E-state index contributed by atoms with van der Waals surface area (Å²) < 4.78 is 43.0. The van der Waals surface area contributed by atoms with Gasteiger partial charge in [0, 0.05) is 49.5 Å². The number of hydrogen-bond acceptors (Lipinski definition) is 6. The van der Waals surface area contributed by atoms with Crippen LogP contribution in [0.25, 0.3) is 0 Å². The molecule has 1 aliphatic carbocycles. The van der Waals surface area contributed by atoms with Gasteiger partial charge in [0.15, 0.2) is 16.6 Å². The summed E-state index contributed by atoms with van der Waals surface area (Å²) in [7, 11) is 7.50. The van der Waals surface area contributed by atoms with Crippen molar-refractivity contribution in [1.29, 1.82) is 0 Å². The lowest BCUT2D eigenvalue weighted by Gasteiger charge is -2.46. The van der Waals surface area contributed by atoms with Crippen LogP contribution in [0, 0.1) is 0 Å². The number of likely N-dealkylation sites (tertiary alicyclic amines) is 1. The highest BCUT2D eigenvalue weighted by molar-refractivity contribution is 7.80. The molecule has 3 atom stereocenters. The number of hydrogen-bond donors (Lipinski definition) is 3. The Morgan fingerprint density at radius 1 is 1.02 bits per heavy atom. The lowest BCUT2D eigenvalue weighted by molar-refractivity contribution is -0.192. The van der Waals surface area contributed by atoms with Gasteiger partial charge in [0.25, 0.3) is 0 Å². The van der Waals surface area contributed by atoms with E-state index in [1.807, 2.05) is 14.1 Å². The minimum atomic E-state index is -5.08. The summed E-state index contributed by atoms with van der Waals surface area (Å²) in [6, 6.07) is 26.4. The predicted molar refractivity (Wildman–Crippen MR) is 178 cm³/mol. The highest BCUT2D eigenvalue weighted by Gasteiger charge is 2.51. The molecule has 1 saturated heterocycles. The van der Waals surface area contributed by atoms with Crippen molar-refractivity contribution in [2.24, 2.45) is 0 Å². The first kappa shape index (κ1) is 34.8. The van der Waals surface area contributed by atoms with Gasteiger partial charge in [0.2, 0.25) is 0 Å². The van der Waals surface area contributed by atoms with Crippen molar-refractivity contribution in [3.8, 4) is 11.5 Å². The Morgan fingerprint density at radius 2 is 1.67 bits per heavy atom. The van der Waals surface area contributed by atoms with E-state index in [1.165, 1.54) is 11.1 Å². The number of fused-ring (bicyclic) bond motifs is 1. The zero-order valence-corrected chi connectivity index (χ0v) is 27.3. The topological polar surface area (TPSA) is 86.3 Å². The Kier molecular flexibility index (Phi) is 11.4. The first-order valence-corrected chi connectivity index (χ1v) is 15.4. The molecule has 12 heteroatoms. The third kappa shape index (κ3) is 8.41. The number of carboxylic acid groups (broad SMARTS) is 1. The molecule has 5 rings (SSSR count). The zero-order chi connectivity index (χ0) is 33.5. The standard InChI is InChI=1S/C32H40N4O2S.C2HF3O2/c1-35(2)27-13-11-25(12-14-27)33-31(39)34-26-16-17-32(24-10-15-28(37-3)29(20-24)38-4)18-19-36(30(32)21-26)22-23-8-6-5-7-9-23;3-2(4,5)1(6)7/h5-15,20,26,30H,16-19,21-22H2,1-4H3,(H2,33,34,39);(H,6,7). The van der Waals surface area contributed by atoms with Crippen LogP contribution in [0.4, 0.5) is 24.5 Å². The molecule has 0 aromatic heterocycles. The summed E-state index contributed by atoms with van der Waals surface area (Å²) >= 11 is 5.76. The second-order valence-electron chi connectivity index (χ2n) is 11.8. The zero-order valence-electron chi connectivity index (χ0n) is 26.4. The van der Waals surface area contributed by atoms with E-state index in [4.69, 9.17) is 31.6 Å². The molecule has 1 heterocycles. The van der Waals surface area contributed by atoms with E-state index in [1.54, 1.807) is 14.2 Å². The van der Waals surface area contributed by atoms with Gasteiger partial charge in [-0.25, -0.2) is 4.79 Å². The van der Waals surface area contributed by atoms with Crippen molar-refractivity contribution in [3.63, 3.8) is 0 Å². The Morgan fingerprint density at radius 3 is 2.26 bits per heavy atom. The number of nitrogens with zero attached hydrogens (tertiary/aromatic N) is 2. The molecule has 2 aliphatic rings. The van der Waals surface area contributed by atoms with E-state index < -0.39 is 12.1 Å². The van der Waals surface area contributed by atoms with Crippen LogP contribution in [-0.4, -0.2) is 74.2 Å². The molecule has 0 amide bonds. The number of alkyl halides is 3. The van der Waals surface area contributed by atoms with E-state index in [0.717, 1.165) is 61.6 Å². The van der Waals surface area contributed by atoms with Gasteiger partial charge in [-0.05, 0) is 92.0 Å². The minimum absolute atomic E-state index is 0.0730. The number of ether oxygens (including phenoxy) is 2. The molecule has 1 aliphatic heterocycles. The van der Waals surface area contributed by atoms with Crippen molar-refractivity contribution in [2.75, 3.05) is 45.1 Å². The summed E-state index contributed by atoms with van der Waals surface area (Å²) in [5, 5.41) is 14.9. The summed E-state index contributed by atoms with van der Waals surface area (Å²) in [5.74, 6) is -1.18. The number of carboxylic acids is 1. The van der Waals surface area contributed by atoms with Crippen molar-refractivity contribution in [1.82, 2.24) is 10.2 Å². The van der Waals surface area contributed by atoms with Crippen LogP contribution < -0.4 is 25.0 Å². The molecule has 8 nitrogen and oxygen atoms in total. The lowest BCUT2D eigenvalue weighted by atomic mass is 9.65. The largest absolute Gasteiger partial charge is 0.493 e. The number of benzene rings is 3. The second kappa shape index (κ2) is 15.0. The van der Waals surface area contributed by atoms with Crippen molar-refractivity contribution in [3.05, 3.63) is 83.9 Å². The maximum atomic E-state index is 10.6. The number of nitrogens with one attached hydrogen (secondary N) is 2. The van der Waals surface area contributed by atoms with Crippen LogP contribution in [0.2, 0.25) is 0 Å². The fourth-order valence-corrected chi connectivity index (χ4v) is 6.75. The molecule has 3 unspecified atom stereocenters. The molecule has 46 heavy (non-hydrogen) atoms. The summed E-state index contributed by atoms with van der Waals surface area (Å²) in [4.78, 5) is 13.7. The van der Waals surface area contributed by atoms with Gasteiger partial charge in [-0.3, -0.25) is 4.90 Å². The van der Waals surface area contributed by atoms with Crippen molar-refractivity contribution >= 4 is 34.7 Å². The molecule has 3 aromatic rings. The van der Waals surface area contributed by atoms with Gasteiger partial charge < -0.3 is 30.1 Å². The number of aliphatic carboxylic acids is 1. The van der Waals surface area contributed by atoms with E-state index in [2.05, 4.69) is 93.2 Å². The number of halogens is 3. The SMILES string of the molecule is COc1ccc(C23CCC(NC(=S)Nc4ccc(N(C)C)cc4)CC2N(Cc2ccccc2)CC3)cc1OC.O=C(O)C(F)(F)F. The van der Waals surface area contributed by atoms with Gasteiger partial charge >= 0.3 is 12.1 Å². The molecular formula is C34H41F3N4O4S. The number of methoxy groups -OCH3 is 2. The van der Waals surface area contributed by atoms with Gasteiger partial charge in [0.1, 0.15) is 0 Å². The monoisotopic (exact) mass is 658 g/mol. The average Bonchev–Trinajstić information content (AvgIpc) is 3.39. The van der Waals surface area contributed by atoms with E-state index in [-0.39, 0.29) is 5.41 Å². The molecule has 3 N–H and O–H groups in total. The van der Waals surface area contributed by atoms with Crippen LogP contribution >= 0.6 is 12.2 Å². The highest BCUT2D eigenvalue weighted by Crippen LogP contribution is 2.50. The van der Waals surface area contributed by atoms with Crippen LogP contribution in [0.15, 0.2) is 72.8 Å². The summed E-state index contributed by atoms with van der Waals surface area (Å²) in [6.07, 6.45) is -0.766. The quantitative estimate of drug-likeness (QED) is 0.236. The van der Waals surface area contributed by atoms with Crippen LogP contribution in [0.5, 0.6) is 11.5 Å². The number of thiocarbonyl (C=S) groups is 1. The normalized spacial score (nSPS) is 20.8. The van der Waals surface area contributed by atoms with E-state index >= 15 is 0 Å². The van der Waals surface area contributed by atoms with Crippen LogP contribution in [0.1, 0.15) is 36.8 Å². The summed E-state index contributed by atoms with van der Waals surface area (Å²) in [6.45, 7) is 2.02. The average molecular weight is 659 g/mol. The fourth-order valence-electron chi connectivity index (χ4n) is 6.46. The van der Waals surface area contributed by atoms with Gasteiger partial charge in [-0.2, -0.15) is 13.2 Å². The van der Waals surface area contributed by atoms with Crippen molar-refractivity contribution in [2.45, 2.75) is 55.9 Å². The maximum Gasteiger partial charge on any atom is 0.490 e. The smallest absolute Gasteiger partial charge is 0.490 e. The molecular weight excluding hydrogens is 617 g/mol. The fraction of sp³-hybridized carbons (Fsp3) is 0.412. The molecule has 0 spiro atoms. The van der Waals surface area contributed by atoms with Crippen molar-refractivity contribution < 1.29 is 32.5 Å². The van der Waals surface area contributed by atoms with Crippen LogP contribution in [-0.2, 0) is 16.8 Å². The Labute approximate surface area is 273 Å². The number of anilines is 2. The first-order chi connectivity index (χ1) is 21.9. The lowest BCUT2D eigenvalue weighted by Crippen LogP contribution is -2.52. The maximum absolute atomic E-state index is 10.6. The molecule has 0 bridgehead atoms.